The van der Waals surface area contributed by atoms with Gasteiger partial charge in [0.1, 0.15) is 11.5 Å². The number of carbonyl (C=O) groups is 1. The first-order chi connectivity index (χ1) is 9.10. The molecule has 0 aromatic heterocycles. The van der Waals surface area contributed by atoms with Crippen molar-refractivity contribution in [3.8, 4) is 11.5 Å². The van der Waals surface area contributed by atoms with Crippen LogP contribution >= 0.6 is 0 Å². The number of fused-ring (bicyclic) bond motifs is 4. The fourth-order valence-electron chi connectivity index (χ4n) is 3.35. The van der Waals surface area contributed by atoms with E-state index < -0.39 is 5.72 Å². The Labute approximate surface area is 111 Å². The Morgan fingerprint density at radius 2 is 2.26 bits per heavy atom. The van der Waals surface area contributed by atoms with Gasteiger partial charge < -0.3 is 15.2 Å². The van der Waals surface area contributed by atoms with Crippen molar-refractivity contribution < 1.29 is 14.6 Å². The molecule has 19 heavy (non-hydrogen) atoms. The van der Waals surface area contributed by atoms with E-state index in [-0.39, 0.29) is 17.8 Å². The third-order valence-electron chi connectivity index (χ3n) is 4.54. The van der Waals surface area contributed by atoms with Gasteiger partial charge in [-0.1, -0.05) is 0 Å². The molecule has 1 saturated carbocycles. The quantitative estimate of drug-likeness (QED) is 0.811. The van der Waals surface area contributed by atoms with E-state index in [1.165, 1.54) is 0 Å². The summed E-state index contributed by atoms with van der Waals surface area (Å²) in [6.07, 6.45) is 2.96. The largest absolute Gasteiger partial charge is 0.508 e. The van der Waals surface area contributed by atoms with Crippen LogP contribution in [0.4, 0.5) is 4.79 Å². The summed E-state index contributed by atoms with van der Waals surface area (Å²) in [4.78, 5) is 13.8. The maximum Gasteiger partial charge on any atom is 0.320 e. The topological polar surface area (TPSA) is 61.8 Å². The zero-order chi connectivity index (χ0) is 13.2. The van der Waals surface area contributed by atoms with Crippen molar-refractivity contribution >= 4 is 6.03 Å². The first-order valence-corrected chi connectivity index (χ1v) is 6.66. The minimum absolute atomic E-state index is 0.0693. The van der Waals surface area contributed by atoms with Crippen LogP contribution in [0.3, 0.4) is 0 Å². The standard InChI is InChI=1S/C14H16N2O3/c1-16-13(18)15-11-7-14(16,8-2-3-8)19-12-5-4-9(17)6-10(11)12/h4-6,8,11,17H,2-3,7H2,1H3,(H,15,18). The van der Waals surface area contributed by atoms with E-state index in [9.17, 15) is 9.90 Å². The van der Waals surface area contributed by atoms with Crippen molar-refractivity contribution in [2.24, 2.45) is 5.92 Å². The number of nitrogens with zero attached hydrogens (tertiary/aromatic N) is 1. The molecule has 2 heterocycles. The maximum atomic E-state index is 12.1. The average Bonchev–Trinajstić information content (AvgIpc) is 3.21. The predicted molar refractivity (Wildman–Crippen MR) is 67.8 cm³/mol. The summed E-state index contributed by atoms with van der Waals surface area (Å²) in [5.41, 5.74) is 0.370. The van der Waals surface area contributed by atoms with E-state index in [0.717, 1.165) is 30.6 Å². The number of phenols is 1. The fraction of sp³-hybridized carbons (Fsp3) is 0.500. The molecule has 100 valence electrons. The second-order valence-electron chi connectivity index (χ2n) is 5.71. The minimum Gasteiger partial charge on any atom is -0.508 e. The summed E-state index contributed by atoms with van der Waals surface area (Å²) >= 11 is 0. The van der Waals surface area contributed by atoms with Gasteiger partial charge in [-0.3, -0.25) is 4.90 Å². The summed E-state index contributed by atoms with van der Waals surface area (Å²) in [6, 6.07) is 4.93. The average molecular weight is 260 g/mol. The molecule has 1 aromatic rings. The molecule has 2 fully saturated rings. The molecule has 3 aliphatic rings. The number of hydrogen-bond acceptors (Lipinski definition) is 3. The molecule has 2 N–H and O–H groups in total. The van der Waals surface area contributed by atoms with Crippen LogP contribution < -0.4 is 10.1 Å². The smallest absolute Gasteiger partial charge is 0.320 e. The lowest BCUT2D eigenvalue weighted by Crippen LogP contribution is -2.65. The lowest BCUT2D eigenvalue weighted by Gasteiger charge is -2.51. The van der Waals surface area contributed by atoms with Crippen molar-refractivity contribution in [2.45, 2.75) is 31.0 Å². The Hall–Kier alpha value is -1.91. The van der Waals surface area contributed by atoms with Gasteiger partial charge in [0, 0.05) is 24.9 Å². The third kappa shape index (κ3) is 1.38. The normalized spacial score (nSPS) is 32.4. The van der Waals surface area contributed by atoms with Crippen LogP contribution in [-0.4, -0.2) is 28.8 Å². The summed E-state index contributed by atoms with van der Waals surface area (Å²) in [5.74, 6) is 1.40. The van der Waals surface area contributed by atoms with Gasteiger partial charge in [0.2, 0.25) is 0 Å². The molecule has 2 amide bonds. The first-order valence-electron chi connectivity index (χ1n) is 6.66. The van der Waals surface area contributed by atoms with Crippen LogP contribution in [0.5, 0.6) is 11.5 Å². The van der Waals surface area contributed by atoms with E-state index in [1.807, 2.05) is 0 Å². The molecule has 2 bridgehead atoms. The zero-order valence-electron chi connectivity index (χ0n) is 10.7. The van der Waals surface area contributed by atoms with E-state index >= 15 is 0 Å². The molecule has 2 atom stereocenters. The Bertz CT molecular complexity index is 570. The van der Waals surface area contributed by atoms with Gasteiger partial charge in [-0.2, -0.15) is 0 Å². The highest BCUT2D eigenvalue weighted by atomic mass is 16.5. The highest BCUT2D eigenvalue weighted by molar-refractivity contribution is 5.77. The number of rotatable bonds is 1. The number of benzene rings is 1. The molecular formula is C14H16N2O3. The molecular weight excluding hydrogens is 244 g/mol. The summed E-state index contributed by atoms with van der Waals surface area (Å²) < 4.78 is 6.21. The Morgan fingerprint density at radius 1 is 1.47 bits per heavy atom. The van der Waals surface area contributed by atoms with E-state index in [2.05, 4.69) is 5.32 Å². The molecule has 2 unspecified atom stereocenters. The van der Waals surface area contributed by atoms with Gasteiger partial charge in [-0.25, -0.2) is 4.79 Å². The van der Waals surface area contributed by atoms with Gasteiger partial charge in [0.05, 0.1) is 6.04 Å². The Kier molecular flexibility index (Phi) is 1.93. The Morgan fingerprint density at radius 3 is 3.00 bits per heavy atom. The van der Waals surface area contributed by atoms with E-state index in [4.69, 9.17) is 4.74 Å². The van der Waals surface area contributed by atoms with Crippen LogP contribution in [0.25, 0.3) is 0 Å². The summed E-state index contributed by atoms with van der Waals surface area (Å²) in [7, 11) is 1.80. The molecule has 0 spiro atoms. The molecule has 1 aromatic carbocycles. The molecule has 2 aliphatic heterocycles. The SMILES string of the molecule is CN1C(=O)NC2CC1(C1CC1)Oc1ccc(O)cc12. The number of hydrogen-bond donors (Lipinski definition) is 2. The van der Waals surface area contributed by atoms with Crippen molar-refractivity contribution in [2.75, 3.05) is 7.05 Å². The minimum atomic E-state index is -0.503. The number of amides is 2. The zero-order valence-corrected chi connectivity index (χ0v) is 10.7. The number of urea groups is 1. The second-order valence-corrected chi connectivity index (χ2v) is 5.71. The van der Waals surface area contributed by atoms with Crippen LogP contribution in [0.2, 0.25) is 0 Å². The number of phenolic OH excluding ortho intramolecular Hbond substituents is 1. The van der Waals surface area contributed by atoms with Crippen LogP contribution in [0, 0.1) is 5.92 Å². The molecule has 0 radical (unpaired) electrons. The number of ether oxygens (including phenoxy) is 1. The summed E-state index contributed by atoms with van der Waals surface area (Å²) in [5, 5.41) is 12.6. The molecule has 1 saturated heterocycles. The Balaban J connectivity index is 1.85. The monoisotopic (exact) mass is 260 g/mol. The van der Waals surface area contributed by atoms with Crippen LogP contribution in [0.1, 0.15) is 30.9 Å². The molecule has 5 heteroatoms. The van der Waals surface area contributed by atoms with Gasteiger partial charge in [-0.05, 0) is 31.0 Å². The number of nitrogens with one attached hydrogen (secondary N) is 1. The summed E-state index contributed by atoms with van der Waals surface area (Å²) in [6.45, 7) is 0. The van der Waals surface area contributed by atoms with Crippen molar-refractivity contribution in [3.63, 3.8) is 0 Å². The number of carbonyl (C=O) groups excluding carboxylic acids is 1. The van der Waals surface area contributed by atoms with Gasteiger partial charge >= 0.3 is 6.03 Å². The third-order valence-corrected chi connectivity index (χ3v) is 4.54. The highest BCUT2D eigenvalue weighted by Crippen LogP contribution is 2.54. The van der Waals surface area contributed by atoms with E-state index in [0.29, 0.717) is 5.92 Å². The highest BCUT2D eigenvalue weighted by Gasteiger charge is 2.58. The molecule has 4 rings (SSSR count). The van der Waals surface area contributed by atoms with E-state index in [1.54, 1.807) is 30.1 Å². The maximum absolute atomic E-state index is 12.1. The van der Waals surface area contributed by atoms with Crippen molar-refractivity contribution in [1.29, 1.82) is 0 Å². The van der Waals surface area contributed by atoms with Gasteiger partial charge in [0.25, 0.3) is 0 Å². The lowest BCUT2D eigenvalue weighted by molar-refractivity contribution is -0.103. The van der Waals surface area contributed by atoms with Gasteiger partial charge in [0.15, 0.2) is 5.72 Å². The first kappa shape index (κ1) is 11.0. The fourth-order valence-corrected chi connectivity index (χ4v) is 3.35. The predicted octanol–water partition coefficient (Wildman–Crippen LogP) is 1.98. The van der Waals surface area contributed by atoms with Gasteiger partial charge in [-0.15, -0.1) is 0 Å². The lowest BCUT2D eigenvalue weighted by atomic mass is 9.87. The van der Waals surface area contributed by atoms with Crippen LogP contribution in [-0.2, 0) is 0 Å². The van der Waals surface area contributed by atoms with Crippen molar-refractivity contribution in [1.82, 2.24) is 10.2 Å². The van der Waals surface area contributed by atoms with Crippen LogP contribution in [0.15, 0.2) is 18.2 Å². The van der Waals surface area contributed by atoms with Crippen molar-refractivity contribution in [3.05, 3.63) is 23.8 Å². The second kappa shape index (κ2) is 3.35. The molecule has 1 aliphatic carbocycles. The molecule has 5 nitrogen and oxygen atoms in total. The number of aromatic hydroxyl groups is 1.